The van der Waals surface area contributed by atoms with Gasteiger partial charge in [-0.1, -0.05) is 91.0 Å². The zero-order valence-corrected chi connectivity index (χ0v) is 57.1. The minimum absolute atomic E-state index is 0.0189. The van der Waals surface area contributed by atoms with E-state index in [0.29, 0.717) is 88.0 Å². The molecular weight excluding hydrogens is 1430 g/mol. The largest absolute Gasteiger partial charge is 0.469 e. The highest BCUT2D eigenvalue weighted by Gasteiger charge is 2.61. The Bertz CT molecular complexity index is 3730. The van der Waals surface area contributed by atoms with Crippen molar-refractivity contribution in [2.75, 3.05) is 53.7 Å². The summed E-state index contributed by atoms with van der Waals surface area (Å²) in [7, 11) is 2.17. The number of aliphatic hydroxyl groups excluding tert-OH is 1. The summed E-state index contributed by atoms with van der Waals surface area (Å²) in [5.41, 5.74) is -9.53. The topological polar surface area (TPSA) is 176 Å². The fourth-order valence-corrected chi connectivity index (χ4v) is 15.4. The number of esters is 1. The van der Waals surface area contributed by atoms with Gasteiger partial charge in [0.2, 0.25) is 18.4 Å². The summed E-state index contributed by atoms with van der Waals surface area (Å²) in [6, 6.07) is 32.0. The normalized spacial score (nSPS) is 24.5. The number of hydrogen-bond acceptors (Lipinski definition) is 10. The van der Waals surface area contributed by atoms with Crippen LogP contribution in [0.5, 0.6) is 0 Å². The van der Waals surface area contributed by atoms with Crippen molar-refractivity contribution in [3.63, 3.8) is 0 Å². The zero-order chi connectivity index (χ0) is 77.8. The third kappa shape index (κ3) is 19.9. The van der Waals surface area contributed by atoms with E-state index >= 15 is 0 Å². The molecule has 105 heavy (non-hydrogen) atoms. The predicted octanol–water partition coefficient (Wildman–Crippen LogP) is 18.0. The average Bonchev–Trinajstić information content (AvgIpc) is 1.66. The highest BCUT2D eigenvalue weighted by molar-refractivity contribution is 5.80. The molecule has 2 aliphatic heterocycles. The fourth-order valence-electron chi connectivity index (χ4n) is 15.4. The fraction of sp³-hybridized carbons (Fsp3) is 0.473. The Morgan fingerprint density at radius 3 is 0.905 bits per heavy atom. The molecule has 13 nitrogen and oxygen atoms in total. The number of aliphatic hydroxyl groups is 1. The van der Waals surface area contributed by atoms with E-state index in [9.17, 15) is 104 Å². The van der Waals surface area contributed by atoms with Gasteiger partial charge >= 0.3 is 43.0 Å². The number of halogens is 18. The van der Waals surface area contributed by atoms with Gasteiger partial charge in [0.15, 0.2) is 0 Å². The molecule has 2 saturated heterocycles. The zero-order valence-electron chi connectivity index (χ0n) is 57.1. The summed E-state index contributed by atoms with van der Waals surface area (Å²) >= 11 is 0. The maximum atomic E-state index is 13.3. The number of carbonyl (C=O) groups is 3. The number of ether oxygens (including phenoxy) is 4. The molecule has 0 bridgehead atoms. The Labute approximate surface area is 591 Å². The molecule has 11 rings (SSSR count). The van der Waals surface area contributed by atoms with Gasteiger partial charge in [0, 0.05) is 59.6 Å². The molecule has 2 spiro atoms. The van der Waals surface area contributed by atoms with Crippen LogP contribution in [0, 0.1) is 26.4 Å². The smallest absolute Gasteiger partial charge is 0.416 e. The van der Waals surface area contributed by atoms with Crippen LogP contribution in [-0.4, -0.2) is 81.5 Å². The molecule has 3 saturated carbocycles. The van der Waals surface area contributed by atoms with Crippen molar-refractivity contribution in [1.82, 2.24) is 10.6 Å². The number of methoxy groups -OCH3 is 1. The van der Waals surface area contributed by atoms with Crippen LogP contribution in [0.3, 0.4) is 0 Å². The maximum absolute atomic E-state index is 13.3. The number of nitrogens with zero attached hydrogens (tertiary/aromatic N) is 1. The van der Waals surface area contributed by atoms with E-state index in [1.165, 1.54) is 27.9 Å². The van der Waals surface area contributed by atoms with E-state index in [4.69, 9.17) is 24.1 Å². The Hall–Kier alpha value is -8.29. The summed E-state index contributed by atoms with van der Waals surface area (Å²) in [6.07, 6.45) is -29.3. The van der Waals surface area contributed by atoms with Crippen LogP contribution in [0.4, 0.5) is 79.0 Å². The predicted molar refractivity (Wildman–Crippen MR) is 344 cm³/mol. The maximum Gasteiger partial charge on any atom is 0.416 e. The third-order valence-electron chi connectivity index (χ3n) is 20.1. The van der Waals surface area contributed by atoms with Crippen molar-refractivity contribution in [3.05, 3.63) is 222 Å². The Balaban J connectivity index is 0.000000197. The lowest BCUT2D eigenvalue weighted by atomic mass is 9.49. The highest BCUT2D eigenvalue weighted by atomic mass is 19.4. The first-order valence-corrected chi connectivity index (χ1v) is 32.8. The van der Waals surface area contributed by atoms with Crippen LogP contribution in [-0.2, 0) is 86.6 Å². The summed E-state index contributed by atoms with van der Waals surface area (Å²) in [4.78, 5) is 46.3. The van der Waals surface area contributed by atoms with Crippen LogP contribution in [0.15, 0.2) is 146 Å². The highest BCUT2D eigenvalue weighted by Crippen LogP contribution is 2.62. The molecule has 3 aliphatic carbocycles. The Kier molecular flexibility index (Phi) is 24.5. The molecule has 0 aromatic heterocycles. The summed E-state index contributed by atoms with van der Waals surface area (Å²) in [5, 5.41) is 24.0. The van der Waals surface area contributed by atoms with Gasteiger partial charge in [-0.25, -0.2) is 0 Å². The minimum atomic E-state index is -5.00. The molecule has 3 N–H and O–H groups in total. The van der Waals surface area contributed by atoms with Crippen LogP contribution in [0.2, 0.25) is 0 Å². The number of alkyl halides is 18. The van der Waals surface area contributed by atoms with Gasteiger partial charge in [-0.15, -0.1) is 0 Å². The second-order valence-corrected chi connectivity index (χ2v) is 28.0. The van der Waals surface area contributed by atoms with Crippen LogP contribution < -0.4 is 10.6 Å². The Morgan fingerprint density at radius 1 is 0.448 bits per heavy atom. The molecule has 5 aliphatic rings. The quantitative estimate of drug-likeness (QED) is 0.0306. The van der Waals surface area contributed by atoms with E-state index in [0.717, 1.165) is 23.8 Å². The molecule has 31 heteroatoms. The molecule has 2 heterocycles. The van der Waals surface area contributed by atoms with Gasteiger partial charge in [-0.3, -0.25) is 24.5 Å². The van der Waals surface area contributed by atoms with Crippen molar-refractivity contribution in [2.24, 2.45) is 16.2 Å². The summed E-state index contributed by atoms with van der Waals surface area (Å²) < 4.78 is 261. The minimum Gasteiger partial charge on any atom is -0.469 e. The van der Waals surface area contributed by atoms with Gasteiger partial charge in [-0.05, 0) is 158 Å². The van der Waals surface area contributed by atoms with Crippen LogP contribution in [0.1, 0.15) is 164 Å². The second kappa shape index (κ2) is 31.3. The second-order valence-electron chi connectivity index (χ2n) is 28.0. The molecule has 0 unspecified atom stereocenters. The molecule has 6 aromatic rings. The van der Waals surface area contributed by atoms with Crippen LogP contribution in [0.25, 0.3) is 0 Å². The van der Waals surface area contributed by atoms with Gasteiger partial charge in [0.1, 0.15) is 0 Å². The number of amides is 2. The molecule has 6 aromatic carbocycles. The van der Waals surface area contributed by atoms with E-state index < -0.39 is 128 Å². The van der Waals surface area contributed by atoms with Gasteiger partial charge in [-0.2, -0.15) is 79.0 Å². The first kappa shape index (κ1) is 82.4. The lowest BCUT2D eigenvalue weighted by Crippen LogP contribution is -2.56. The average molecular weight is 1510 g/mol. The molecule has 572 valence electrons. The van der Waals surface area contributed by atoms with Gasteiger partial charge in [0.05, 0.1) is 85.0 Å². The SMILES string of the molecule is CO.COC(=O)CC1(C[N+](=O)[O-])CC(CO[C@H](C)c2cc(C(F)(F)F)cc(C(F)(F)F)c2)(c2ccccc2)C1.C[C@@H](OCC1(c2ccccc2)CC2(CNC(=O)C2)C1)c1cc(C(F)(F)F)cc(C(F)(F)F)c1.C[C@@H](OCC1(c2ccccc2)CC2(CNC(=O)C2)C1)c1cc(C(F)(F)F)cc(C(F)(F)F)c1. The molecule has 0 radical (unpaired) electrons. The number of benzene rings is 6. The van der Waals surface area contributed by atoms with E-state index in [2.05, 4.69) is 10.6 Å². The van der Waals surface area contributed by atoms with E-state index in [1.54, 1.807) is 30.3 Å². The van der Waals surface area contributed by atoms with Crippen molar-refractivity contribution < 1.29 is 122 Å². The molecule has 2 amide bonds. The Morgan fingerprint density at radius 2 is 0.695 bits per heavy atom. The first-order chi connectivity index (χ1) is 48.7. The van der Waals surface area contributed by atoms with Crippen molar-refractivity contribution in [3.8, 4) is 0 Å². The third-order valence-corrected chi connectivity index (χ3v) is 20.1. The first-order valence-electron chi connectivity index (χ1n) is 32.8. The standard InChI is InChI=1S/C25H25F6NO5.2C24H23F6NO2.CH4O/c1-16(17-8-19(24(26,27)28)10-20(9-17)25(29,30)31)37-15-23(18-6-4-3-5-7-18)12-22(13-23,14-32(34)35)11-21(33)36-2;2*1-15(16-7-18(23(25,26)27)9-19(8-16)24(28,29)30)33-14-22(17-5-3-2-4-6-17)11-21(12-22)10-20(32)31-13-21;1-2/h3-10,16H,11-15H2,1-2H3;2*2-9,15H,10-14H2,1H3,(H,31,32);2H,1H3/t16-,22?,23?;2*15-,21?,22?;/m111./s1. The van der Waals surface area contributed by atoms with Gasteiger partial charge in [0.25, 0.3) is 0 Å². The van der Waals surface area contributed by atoms with E-state index in [-0.39, 0.29) is 96.6 Å². The lowest BCUT2D eigenvalue weighted by Gasteiger charge is -2.54. The molecule has 5 fully saturated rings. The molecular formula is C74H75F18N3O10. The summed E-state index contributed by atoms with van der Waals surface area (Å²) in [5.74, 6) is -0.661. The number of nitro groups is 1. The van der Waals surface area contributed by atoms with Crippen molar-refractivity contribution in [2.45, 2.75) is 150 Å². The number of hydrogen-bond donors (Lipinski definition) is 3. The van der Waals surface area contributed by atoms with Crippen molar-refractivity contribution in [1.29, 1.82) is 0 Å². The summed E-state index contributed by atoms with van der Waals surface area (Å²) in [6.45, 7) is 4.93. The number of carbonyl (C=O) groups excluding carboxylic acids is 3. The number of rotatable bonds is 19. The van der Waals surface area contributed by atoms with Gasteiger partial charge < -0.3 is 34.7 Å². The monoisotopic (exact) mass is 1510 g/mol. The van der Waals surface area contributed by atoms with E-state index in [1.807, 2.05) is 60.7 Å². The van der Waals surface area contributed by atoms with Crippen molar-refractivity contribution >= 4 is 17.8 Å². The lowest BCUT2D eigenvalue weighted by molar-refractivity contribution is -0.504. The number of nitrogens with one attached hydrogen (secondary N) is 2. The van der Waals surface area contributed by atoms with Crippen LogP contribution >= 0.6 is 0 Å². The molecule has 3 atom stereocenters.